The molecule has 0 radical (unpaired) electrons. The minimum atomic E-state index is -0.210. The Balaban J connectivity index is 2.17. The molecule has 0 unspecified atom stereocenters. The third-order valence-electron chi connectivity index (χ3n) is 3.60. The molecule has 0 bridgehead atoms. The minimum absolute atomic E-state index is 0.210. The molecule has 20 heavy (non-hydrogen) atoms. The van der Waals surface area contributed by atoms with Crippen LogP contribution in [0.3, 0.4) is 0 Å². The monoisotopic (exact) mass is 263 g/mol. The van der Waals surface area contributed by atoms with Gasteiger partial charge < -0.3 is 0 Å². The number of hydrogen-bond donors (Lipinski definition) is 1. The van der Waals surface area contributed by atoms with Crippen LogP contribution in [0.25, 0.3) is 27.7 Å². The Labute approximate surface area is 115 Å². The van der Waals surface area contributed by atoms with Crippen molar-refractivity contribution in [1.29, 1.82) is 0 Å². The first kappa shape index (κ1) is 11.2. The van der Waals surface area contributed by atoms with Gasteiger partial charge in [-0.3, -0.25) is 0 Å². The molecule has 0 fully saturated rings. The van der Waals surface area contributed by atoms with Crippen molar-refractivity contribution in [2.24, 2.45) is 0 Å². The normalized spacial score (nSPS) is 11.2. The van der Waals surface area contributed by atoms with Crippen molar-refractivity contribution in [2.75, 3.05) is 0 Å². The average molecular weight is 263 g/mol. The van der Waals surface area contributed by atoms with E-state index in [0.29, 0.717) is 5.56 Å². The van der Waals surface area contributed by atoms with E-state index in [0.717, 1.165) is 22.1 Å². The Morgan fingerprint density at radius 3 is 2.65 bits per heavy atom. The number of aromatic nitrogens is 2. The average Bonchev–Trinajstić information content (AvgIpc) is 2.97. The van der Waals surface area contributed by atoms with Crippen LogP contribution in [-0.4, -0.2) is 4.98 Å². The number of nitrogens with one attached hydrogen (secondary N) is 1. The Morgan fingerprint density at radius 1 is 0.950 bits per heavy atom. The van der Waals surface area contributed by atoms with Gasteiger partial charge in [-0.1, -0.05) is 30.3 Å². The van der Waals surface area contributed by atoms with Crippen molar-refractivity contribution in [3.63, 3.8) is 0 Å². The lowest BCUT2D eigenvalue weighted by Gasteiger charge is -2.04. The van der Waals surface area contributed by atoms with E-state index in [9.17, 15) is 4.39 Å². The molecule has 0 amide bonds. The van der Waals surface area contributed by atoms with Crippen LogP contribution in [0.4, 0.5) is 4.39 Å². The number of rotatable bonds is 1. The topological polar surface area (TPSA) is 19.9 Å². The number of fused-ring (bicyclic) bond motifs is 3. The van der Waals surface area contributed by atoms with E-state index >= 15 is 0 Å². The zero-order valence-electron chi connectivity index (χ0n) is 10.7. The highest BCUT2D eigenvalue weighted by Crippen LogP contribution is 2.25. The second-order valence-corrected chi connectivity index (χ2v) is 4.78. The van der Waals surface area contributed by atoms with Crippen LogP contribution < -0.4 is 4.40 Å². The van der Waals surface area contributed by atoms with Crippen molar-refractivity contribution < 1.29 is 8.79 Å². The van der Waals surface area contributed by atoms with E-state index in [2.05, 4.69) is 11.1 Å². The second kappa shape index (κ2) is 4.17. The number of H-pyrrole nitrogens is 1. The Hall–Kier alpha value is -2.68. The Bertz CT molecular complexity index is 924. The Kier molecular flexibility index (Phi) is 2.33. The zero-order chi connectivity index (χ0) is 13.5. The van der Waals surface area contributed by atoms with Gasteiger partial charge in [-0.25, -0.2) is 9.37 Å². The van der Waals surface area contributed by atoms with Gasteiger partial charge in [0.1, 0.15) is 23.9 Å². The van der Waals surface area contributed by atoms with E-state index in [1.54, 1.807) is 12.1 Å². The summed E-state index contributed by atoms with van der Waals surface area (Å²) in [7, 11) is 0. The lowest BCUT2D eigenvalue weighted by molar-refractivity contribution is -0.496. The summed E-state index contributed by atoms with van der Waals surface area (Å²) >= 11 is 0. The number of hydrogen-bond acceptors (Lipinski definition) is 0. The van der Waals surface area contributed by atoms with Crippen LogP contribution in [0.1, 0.15) is 0 Å². The lowest BCUT2D eigenvalue weighted by Crippen LogP contribution is -2.22. The summed E-state index contributed by atoms with van der Waals surface area (Å²) in [5.74, 6) is -0.210. The first-order valence-corrected chi connectivity index (χ1v) is 6.50. The number of aromatic amines is 1. The molecule has 4 aromatic rings. The fourth-order valence-corrected chi connectivity index (χ4v) is 2.67. The van der Waals surface area contributed by atoms with Crippen LogP contribution in [0.5, 0.6) is 0 Å². The number of pyridine rings is 1. The molecule has 0 atom stereocenters. The fourth-order valence-electron chi connectivity index (χ4n) is 2.67. The predicted octanol–water partition coefficient (Wildman–Crippen LogP) is 3.71. The zero-order valence-corrected chi connectivity index (χ0v) is 10.7. The molecule has 2 nitrogen and oxygen atoms in total. The number of benzene rings is 2. The SMILES string of the molecule is Fc1ccccc1-c1cc2ccccc2c2[nH]cc[n+]12. The summed E-state index contributed by atoms with van der Waals surface area (Å²) in [4.78, 5) is 3.23. The molecule has 2 aromatic carbocycles. The van der Waals surface area contributed by atoms with Gasteiger partial charge in [-0.05, 0) is 29.7 Å². The number of nitrogens with zero attached hydrogens (tertiary/aromatic N) is 1. The molecule has 0 aliphatic heterocycles. The van der Waals surface area contributed by atoms with Crippen molar-refractivity contribution >= 4 is 16.4 Å². The van der Waals surface area contributed by atoms with Gasteiger partial charge in [0, 0.05) is 0 Å². The van der Waals surface area contributed by atoms with Gasteiger partial charge in [0.15, 0.2) is 0 Å². The molecule has 0 saturated carbocycles. The summed E-state index contributed by atoms with van der Waals surface area (Å²) in [5, 5.41) is 2.21. The summed E-state index contributed by atoms with van der Waals surface area (Å²) in [5.41, 5.74) is 2.42. The predicted molar refractivity (Wildman–Crippen MR) is 76.9 cm³/mol. The molecular weight excluding hydrogens is 251 g/mol. The van der Waals surface area contributed by atoms with Crippen LogP contribution in [0.2, 0.25) is 0 Å². The molecule has 0 saturated heterocycles. The molecular formula is C17H12FN2+. The van der Waals surface area contributed by atoms with E-state index in [1.807, 2.05) is 47.1 Å². The first-order valence-electron chi connectivity index (χ1n) is 6.50. The third kappa shape index (κ3) is 1.53. The molecule has 0 aliphatic rings. The molecule has 2 heterocycles. The smallest absolute Gasteiger partial charge is 0.243 e. The van der Waals surface area contributed by atoms with E-state index in [4.69, 9.17) is 0 Å². The maximum atomic E-state index is 14.1. The highest BCUT2D eigenvalue weighted by atomic mass is 19.1. The molecule has 2 aromatic heterocycles. The molecule has 96 valence electrons. The third-order valence-corrected chi connectivity index (χ3v) is 3.60. The quantitative estimate of drug-likeness (QED) is 0.505. The largest absolute Gasteiger partial charge is 0.292 e. The Morgan fingerprint density at radius 2 is 1.75 bits per heavy atom. The summed E-state index contributed by atoms with van der Waals surface area (Å²) in [6.07, 6.45) is 3.79. The number of halogens is 1. The van der Waals surface area contributed by atoms with E-state index in [-0.39, 0.29) is 5.82 Å². The maximum Gasteiger partial charge on any atom is 0.292 e. The van der Waals surface area contributed by atoms with Crippen molar-refractivity contribution in [1.82, 2.24) is 4.98 Å². The van der Waals surface area contributed by atoms with Crippen LogP contribution >= 0.6 is 0 Å². The summed E-state index contributed by atoms with van der Waals surface area (Å²) in [6, 6.07) is 17.0. The highest BCUT2D eigenvalue weighted by molar-refractivity contribution is 5.93. The van der Waals surface area contributed by atoms with Crippen LogP contribution in [-0.2, 0) is 0 Å². The molecule has 0 aliphatic carbocycles. The van der Waals surface area contributed by atoms with Crippen LogP contribution in [0.15, 0.2) is 67.0 Å². The van der Waals surface area contributed by atoms with Gasteiger partial charge in [-0.15, -0.1) is 0 Å². The van der Waals surface area contributed by atoms with Crippen LogP contribution in [0, 0.1) is 5.82 Å². The van der Waals surface area contributed by atoms with Gasteiger partial charge in [-0.2, -0.15) is 4.40 Å². The molecule has 1 N–H and O–H groups in total. The van der Waals surface area contributed by atoms with Crippen molar-refractivity contribution in [2.45, 2.75) is 0 Å². The lowest BCUT2D eigenvalue weighted by atomic mass is 10.1. The van der Waals surface area contributed by atoms with Gasteiger partial charge in [0.2, 0.25) is 0 Å². The van der Waals surface area contributed by atoms with Gasteiger partial charge in [0.25, 0.3) is 5.65 Å². The summed E-state index contributed by atoms with van der Waals surface area (Å²) < 4.78 is 16.1. The second-order valence-electron chi connectivity index (χ2n) is 4.78. The van der Waals surface area contributed by atoms with Gasteiger partial charge in [0.05, 0.1) is 10.9 Å². The summed E-state index contributed by atoms with van der Waals surface area (Å²) in [6.45, 7) is 0. The first-order chi connectivity index (χ1) is 9.84. The van der Waals surface area contributed by atoms with Gasteiger partial charge >= 0.3 is 0 Å². The standard InChI is InChI=1S/C17H11FN2/c18-15-8-4-3-7-14(15)16-11-12-5-1-2-6-13(12)17-19-9-10-20(16)17/h1-11H/p+1. The van der Waals surface area contributed by atoms with E-state index < -0.39 is 0 Å². The van der Waals surface area contributed by atoms with Crippen molar-refractivity contribution in [3.05, 3.63) is 72.8 Å². The molecule has 4 rings (SSSR count). The van der Waals surface area contributed by atoms with E-state index in [1.165, 1.54) is 6.07 Å². The molecule has 0 spiro atoms. The molecule has 3 heteroatoms. The van der Waals surface area contributed by atoms with Crippen molar-refractivity contribution in [3.8, 4) is 11.3 Å². The minimum Gasteiger partial charge on any atom is -0.243 e. The maximum absolute atomic E-state index is 14.1. The highest BCUT2D eigenvalue weighted by Gasteiger charge is 2.16. The number of imidazole rings is 1. The fraction of sp³-hybridized carbons (Fsp3) is 0.